The summed E-state index contributed by atoms with van der Waals surface area (Å²) >= 11 is 0. The number of hydrogen-bond acceptors (Lipinski definition) is 8. The molecule has 2 N–H and O–H groups in total. The standard InChI is InChI=1S/C36H50N4O7/c1-35(2,3)46-33(43)25-10-12-26(13-11-25)37-32(42)30(38-34(44)47-36(4,5)6)22-24-8-14-28(15-9-24)40-21-20-39(23-31(40)41)27-16-18-29(45-7)19-17-27/h8-15,27,29-30H,16-23H2,1-7H3,(H,37,42)(H,38,44). The van der Waals surface area contributed by atoms with E-state index < -0.39 is 35.2 Å². The third kappa shape index (κ3) is 10.8. The summed E-state index contributed by atoms with van der Waals surface area (Å²) in [6.45, 7) is 12.4. The molecule has 2 aromatic rings. The Morgan fingerprint density at radius 1 is 0.851 bits per heavy atom. The van der Waals surface area contributed by atoms with Gasteiger partial charge in [0.25, 0.3) is 0 Å². The number of ether oxygens (including phenoxy) is 3. The molecular weight excluding hydrogens is 600 g/mol. The number of carbonyl (C=O) groups is 4. The van der Waals surface area contributed by atoms with Gasteiger partial charge in [-0.3, -0.25) is 14.5 Å². The summed E-state index contributed by atoms with van der Waals surface area (Å²) in [4.78, 5) is 55.8. The average Bonchev–Trinajstić information content (AvgIpc) is 3.00. The van der Waals surface area contributed by atoms with Crippen LogP contribution in [0.2, 0.25) is 0 Å². The van der Waals surface area contributed by atoms with Gasteiger partial charge in [-0.05, 0) is 109 Å². The van der Waals surface area contributed by atoms with Crippen LogP contribution in [0.5, 0.6) is 0 Å². The van der Waals surface area contributed by atoms with Crippen LogP contribution in [-0.4, -0.2) is 84.9 Å². The largest absolute Gasteiger partial charge is 0.456 e. The molecule has 4 rings (SSSR count). The van der Waals surface area contributed by atoms with Crippen molar-refractivity contribution in [1.29, 1.82) is 0 Å². The Kier molecular flexibility index (Phi) is 11.7. The molecule has 1 atom stereocenters. The highest BCUT2D eigenvalue weighted by atomic mass is 16.6. The van der Waals surface area contributed by atoms with E-state index in [0.29, 0.717) is 36.5 Å². The van der Waals surface area contributed by atoms with E-state index in [1.807, 2.05) is 29.2 Å². The number of rotatable bonds is 9. The maximum Gasteiger partial charge on any atom is 0.408 e. The zero-order valence-electron chi connectivity index (χ0n) is 28.8. The highest BCUT2D eigenvalue weighted by Gasteiger charge is 2.32. The van der Waals surface area contributed by atoms with Crippen LogP contribution >= 0.6 is 0 Å². The van der Waals surface area contributed by atoms with Gasteiger partial charge in [-0.15, -0.1) is 0 Å². The summed E-state index contributed by atoms with van der Waals surface area (Å²) < 4.78 is 16.3. The van der Waals surface area contributed by atoms with Crippen LogP contribution in [0.1, 0.15) is 83.1 Å². The van der Waals surface area contributed by atoms with Crippen LogP contribution in [-0.2, 0) is 30.2 Å². The lowest BCUT2D eigenvalue weighted by atomic mass is 9.91. The van der Waals surface area contributed by atoms with Gasteiger partial charge in [0.15, 0.2) is 0 Å². The van der Waals surface area contributed by atoms with Crippen molar-refractivity contribution in [2.75, 3.05) is 37.0 Å². The predicted molar refractivity (Wildman–Crippen MR) is 181 cm³/mol. The third-order valence-electron chi connectivity index (χ3n) is 8.23. The second kappa shape index (κ2) is 15.3. The van der Waals surface area contributed by atoms with E-state index in [1.165, 1.54) is 0 Å². The first kappa shape index (κ1) is 35.9. The third-order valence-corrected chi connectivity index (χ3v) is 8.23. The summed E-state index contributed by atoms with van der Waals surface area (Å²) in [5, 5.41) is 5.52. The minimum Gasteiger partial charge on any atom is -0.456 e. The SMILES string of the molecule is COC1CCC(N2CCN(c3ccc(CC(NC(=O)OC(C)(C)C)C(=O)Nc4ccc(C(=O)OC(C)(C)C)cc4)cc3)C(=O)C2)CC1. The van der Waals surface area contributed by atoms with Crippen molar-refractivity contribution in [2.24, 2.45) is 0 Å². The lowest BCUT2D eigenvalue weighted by molar-refractivity contribution is -0.122. The van der Waals surface area contributed by atoms with E-state index >= 15 is 0 Å². The van der Waals surface area contributed by atoms with E-state index in [4.69, 9.17) is 14.2 Å². The molecule has 1 heterocycles. The zero-order chi connectivity index (χ0) is 34.4. The van der Waals surface area contributed by atoms with Gasteiger partial charge in [-0.1, -0.05) is 12.1 Å². The van der Waals surface area contributed by atoms with Gasteiger partial charge in [-0.25, -0.2) is 9.59 Å². The molecule has 0 bridgehead atoms. The molecule has 0 aromatic heterocycles. The number of alkyl carbamates (subject to hydrolysis) is 1. The monoisotopic (exact) mass is 650 g/mol. The molecule has 2 aromatic carbocycles. The molecule has 1 aliphatic carbocycles. The molecule has 47 heavy (non-hydrogen) atoms. The van der Waals surface area contributed by atoms with Crippen molar-refractivity contribution < 1.29 is 33.4 Å². The van der Waals surface area contributed by atoms with Crippen molar-refractivity contribution >= 4 is 35.3 Å². The zero-order valence-corrected chi connectivity index (χ0v) is 28.8. The Labute approximate surface area is 278 Å². The summed E-state index contributed by atoms with van der Waals surface area (Å²) in [5.41, 5.74) is 1.04. The van der Waals surface area contributed by atoms with E-state index in [0.717, 1.165) is 43.5 Å². The molecule has 1 aliphatic heterocycles. The van der Waals surface area contributed by atoms with Crippen molar-refractivity contribution in [1.82, 2.24) is 10.2 Å². The molecule has 1 saturated heterocycles. The molecule has 0 spiro atoms. The summed E-state index contributed by atoms with van der Waals surface area (Å²) in [7, 11) is 1.76. The summed E-state index contributed by atoms with van der Waals surface area (Å²) in [6, 6.07) is 13.3. The number of nitrogens with one attached hydrogen (secondary N) is 2. The number of nitrogens with zero attached hydrogens (tertiary/aromatic N) is 2. The van der Waals surface area contributed by atoms with Crippen LogP contribution < -0.4 is 15.5 Å². The second-order valence-corrected chi connectivity index (χ2v) is 14.3. The van der Waals surface area contributed by atoms with Crippen molar-refractivity contribution in [3.05, 3.63) is 59.7 Å². The molecule has 11 heteroatoms. The van der Waals surface area contributed by atoms with Gasteiger partial charge >= 0.3 is 12.1 Å². The fourth-order valence-corrected chi connectivity index (χ4v) is 5.88. The van der Waals surface area contributed by atoms with Crippen LogP contribution in [0.4, 0.5) is 16.2 Å². The van der Waals surface area contributed by atoms with Gasteiger partial charge < -0.3 is 29.7 Å². The smallest absolute Gasteiger partial charge is 0.408 e. The minimum absolute atomic E-state index is 0.0689. The maximum absolute atomic E-state index is 13.4. The fraction of sp³-hybridized carbons (Fsp3) is 0.556. The quantitative estimate of drug-likeness (QED) is 0.349. The maximum atomic E-state index is 13.4. The summed E-state index contributed by atoms with van der Waals surface area (Å²) in [6.07, 6.45) is 3.94. The lowest BCUT2D eigenvalue weighted by Crippen LogP contribution is -2.54. The minimum atomic E-state index is -0.959. The van der Waals surface area contributed by atoms with Gasteiger partial charge in [0, 0.05) is 44.0 Å². The Bertz CT molecular complexity index is 1390. The first-order valence-electron chi connectivity index (χ1n) is 16.4. The van der Waals surface area contributed by atoms with Crippen LogP contribution in [0.15, 0.2) is 48.5 Å². The number of hydrogen-bond donors (Lipinski definition) is 2. The Hall–Kier alpha value is -3.96. The van der Waals surface area contributed by atoms with E-state index in [-0.39, 0.29) is 12.3 Å². The number of carbonyl (C=O) groups excluding carboxylic acids is 4. The molecule has 1 unspecified atom stereocenters. The fourth-order valence-electron chi connectivity index (χ4n) is 5.88. The van der Waals surface area contributed by atoms with E-state index in [2.05, 4.69) is 15.5 Å². The predicted octanol–water partition coefficient (Wildman–Crippen LogP) is 5.32. The van der Waals surface area contributed by atoms with Crippen molar-refractivity contribution in [2.45, 2.75) is 103 Å². The molecule has 256 valence electrons. The van der Waals surface area contributed by atoms with Crippen LogP contribution in [0, 0.1) is 0 Å². The van der Waals surface area contributed by atoms with Crippen molar-refractivity contribution in [3.8, 4) is 0 Å². The lowest BCUT2D eigenvalue weighted by Gasteiger charge is -2.41. The van der Waals surface area contributed by atoms with Gasteiger partial charge in [-0.2, -0.15) is 0 Å². The number of esters is 1. The molecule has 3 amide bonds. The Balaban J connectivity index is 1.40. The van der Waals surface area contributed by atoms with Crippen LogP contribution in [0.25, 0.3) is 0 Å². The topological polar surface area (TPSA) is 127 Å². The highest BCUT2D eigenvalue weighted by molar-refractivity contribution is 5.98. The summed E-state index contributed by atoms with van der Waals surface area (Å²) in [5.74, 6) is -0.841. The number of amides is 3. The van der Waals surface area contributed by atoms with Crippen molar-refractivity contribution in [3.63, 3.8) is 0 Å². The molecule has 1 saturated carbocycles. The second-order valence-electron chi connectivity index (χ2n) is 14.3. The number of methoxy groups -OCH3 is 1. The van der Waals surface area contributed by atoms with Crippen LogP contribution in [0.3, 0.4) is 0 Å². The molecule has 0 radical (unpaired) electrons. The van der Waals surface area contributed by atoms with Gasteiger partial charge in [0.2, 0.25) is 11.8 Å². The number of piperazine rings is 1. The number of anilines is 2. The first-order chi connectivity index (χ1) is 22.1. The normalized spacial score (nSPS) is 19.9. The molecule has 11 nitrogen and oxygen atoms in total. The van der Waals surface area contributed by atoms with Gasteiger partial charge in [0.05, 0.1) is 18.2 Å². The Morgan fingerprint density at radius 3 is 2.02 bits per heavy atom. The van der Waals surface area contributed by atoms with E-state index in [9.17, 15) is 19.2 Å². The Morgan fingerprint density at radius 2 is 1.47 bits per heavy atom. The molecule has 2 fully saturated rings. The average molecular weight is 651 g/mol. The first-order valence-corrected chi connectivity index (χ1v) is 16.4. The molecular formula is C36H50N4O7. The van der Waals surface area contributed by atoms with E-state index in [1.54, 1.807) is 72.9 Å². The highest BCUT2D eigenvalue weighted by Crippen LogP contribution is 2.27. The molecule has 2 aliphatic rings. The number of benzene rings is 2. The van der Waals surface area contributed by atoms with Gasteiger partial charge in [0.1, 0.15) is 17.2 Å².